The van der Waals surface area contributed by atoms with E-state index in [0.29, 0.717) is 0 Å². The third-order valence-electron chi connectivity index (χ3n) is 4.03. The Hall–Kier alpha value is -0.520. The van der Waals surface area contributed by atoms with Crippen LogP contribution in [0.25, 0.3) is 0 Å². The topological polar surface area (TPSA) is 0 Å². The van der Waals surface area contributed by atoms with Gasteiger partial charge in [0.25, 0.3) is 0 Å². The molecule has 0 heteroatoms. The molecule has 0 heterocycles. The molecule has 1 saturated carbocycles. The average molecular weight is 174 g/mol. The zero-order chi connectivity index (χ0) is 8.67. The van der Waals surface area contributed by atoms with Crippen LogP contribution in [0, 0.1) is 17.8 Å². The summed E-state index contributed by atoms with van der Waals surface area (Å²) >= 11 is 0. The van der Waals surface area contributed by atoms with Crippen molar-refractivity contribution in [2.24, 2.45) is 17.8 Å². The number of hydrogen-bond donors (Lipinski definition) is 0. The molecule has 0 radical (unpaired) electrons. The third kappa shape index (κ3) is 1.27. The van der Waals surface area contributed by atoms with E-state index in [1.165, 1.54) is 38.5 Å². The van der Waals surface area contributed by atoms with Gasteiger partial charge in [0, 0.05) is 0 Å². The Labute approximate surface area is 80.7 Å². The molecule has 0 aliphatic heterocycles. The van der Waals surface area contributed by atoms with Gasteiger partial charge >= 0.3 is 0 Å². The van der Waals surface area contributed by atoms with Crippen molar-refractivity contribution < 1.29 is 0 Å². The van der Waals surface area contributed by atoms with E-state index in [9.17, 15) is 0 Å². The molecular formula is C13H18. The van der Waals surface area contributed by atoms with Gasteiger partial charge in [-0.1, -0.05) is 43.1 Å². The molecule has 1 fully saturated rings. The average Bonchev–Trinajstić information content (AvgIpc) is 2.80. The van der Waals surface area contributed by atoms with Gasteiger partial charge in [-0.05, 0) is 37.0 Å². The van der Waals surface area contributed by atoms with E-state index in [4.69, 9.17) is 0 Å². The molecule has 0 aromatic carbocycles. The zero-order valence-corrected chi connectivity index (χ0v) is 8.21. The highest BCUT2D eigenvalue weighted by atomic mass is 14.4. The van der Waals surface area contributed by atoms with Crippen LogP contribution in [0.1, 0.15) is 38.5 Å². The fraction of sp³-hybridized carbons (Fsp3) is 0.692. The minimum absolute atomic E-state index is 0.821. The predicted molar refractivity (Wildman–Crippen MR) is 55.4 cm³/mol. The van der Waals surface area contributed by atoms with E-state index in [-0.39, 0.29) is 0 Å². The summed E-state index contributed by atoms with van der Waals surface area (Å²) < 4.78 is 0. The Bertz CT molecular complexity index is 253. The molecule has 3 rings (SSSR count). The summed E-state index contributed by atoms with van der Waals surface area (Å²) in [5.74, 6) is 2.64. The molecule has 3 aliphatic rings. The van der Waals surface area contributed by atoms with Crippen molar-refractivity contribution in [3.05, 3.63) is 23.8 Å². The van der Waals surface area contributed by atoms with Crippen molar-refractivity contribution in [2.75, 3.05) is 0 Å². The lowest BCUT2D eigenvalue weighted by molar-refractivity contribution is 0.387. The van der Waals surface area contributed by atoms with Crippen molar-refractivity contribution in [2.45, 2.75) is 38.5 Å². The van der Waals surface area contributed by atoms with E-state index in [1.807, 2.05) is 5.57 Å². The SMILES string of the molecule is C1=CC2CC1C=C2C1CCCCC1. The molecule has 0 aromatic heterocycles. The molecule has 0 N–H and O–H groups in total. The Morgan fingerprint density at radius 3 is 2.46 bits per heavy atom. The molecule has 2 bridgehead atoms. The van der Waals surface area contributed by atoms with Crippen molar-refractivity contribution in [3.63, 3.8) is 0 Å². The van der Waals surface area contributed by atoms with E-state index in [2.05, 4.69) is 18.2 Å². The first-order valence-electron chi connectivity index (χ1n) is 5.83. The van der Waals surface area contributed by atoms with Gasteiger partial charge in [-0.2, -0.15) is 0 Å². The van der Waals surface area contributed by atoms with Crippen LogP contribution in [0.4, 0.5) is 0 Å². The van der Waals surface area contributed by atoms with E-state index < -0.39 is 0 Å². The van der Waals surface area contributed by atoms with Crippen molar-refractivity contribution in [1.82, 2.24) is 0 Å². The lowest BCUT2D eigenvalue weighted by atomic mass is 9.80. The second-order valence-electron chi connectivity index (χ2n) is 4.89. The summed E-state index contributed by atoms with van der Waals surface area (Å²) in [7, 11) is 0. The summed E-state index contributed by atoms with van der Waals surface area (Å²) in [6.45, 7) is 0. The highest BCUT2D eigenvalue weighted by molar-refractivity contribution is 5.31. The maximum absolute atomic E-state index is 2.57. The summed E-state index contributed by atoms with van der Waals surface area (Å²) in [6, 6.07) is 0. The molecular weight excluding hydrogens is 156 g/mol. The summed E-state index contributed by atoms with van der Waals surface area (Å²) in [4.78, 5) is 0. The molecule has 3 aliphatic carbocycles. The molecule has 2 unspecified atom stereocenters. The first kappa shape index (κ1) is 7.84. The van der Waals surface area contributed by atoms with Crippen molar-refractivity contribution >= 4 is 0 Å². The first-order chi connectivity index (χ1) is 6.43. The molecule has 0 spiro atoms. The van der Waals surface area contributed by atoms with Gasteiger partial charge in [-0.3, -0.25) is 0 Å². The quantitative estimate of drug-likeness (QED) is 0.532. The van der Waals surface area contributed by atoms with Crippen LogP contribution in [-0.2, 0) is 0 Å². The van der Waals surface area contributed by atoms with Crippen LogP contribution >= 0.6 is 0 Å². The summed E-state index contributed by atoms with van der Waals surface area (Å²) in [5, 5.41) is 0. The van der Waals surface area contributed by atoms with E-state index in [1.54, 1.807) is 0 Å². The number of allylic oxidation sites excluding steroid dienone is 4. The minimum Gasteiger partial charge on any atom is -0.0810 e. The second kappa shape index (κ2) is 3.01. The van der Waals surface area contributed by atoms with Gasteiger partial charge in [0.15, 0.2) is 0 Å². The van der Waals surface area contributed by atoms with Crippen LogP contribution in [0.15, 0.2) is 23.8 Å². The van der Waals surface area contributed by atoms with Gasteiger partial charge in [-0.25, -0.2) is 0 Å². The third-order valence-corrected chi connectivity index (χ3v) is 4.03. The fourth-order valence-electron chi connectivity index (χ4n) is 3.34. The van der Waals surface area contributed by atoms with Gasteiger partial charge in [-0.15, -0.1) is 0 Å². The Morgan fingerprint density at radius 1 is 1.00 bits per heavy atom. The Balaban J connectivity index is 1.75. The van der Waals surface area contributed by atoms with Gasteiger partial charge < -0.3 is 0 Å². The Morgan fingerprint density at radius 2 is 1.85 bits per heavy atom. The monoisotopic (exact) mass is 174 g/mol. The predicted octanol–water partition coefficient (Wildman–Crippen LogP) is 3.70. The largest absolute Gasteiger partial charge is 0.0810 e. The van der Waals surface area contributed by atoms with Crippen LogP contribution in [0.5, 0.6) is 0 Å². The van der Waals surface area contributed by atoms with Gasteiger partial charge in [0.1, 0.15) is 0 Å². The summed E-state index contributed by atoms with van der Waals surface area (Å²) in [5.41, 5.74) is 1.81. The Kier molecular flexibility index (Phi) is 1.81. The maximum Gasteiger partial charge on any atom is -0.00115 e. The molecule has 2 atom stereocenters. The zero-order valence-electron chi connectivity index (χ0n) is 8.21. The molecule has 0 amide bonds. The molecule has 13 heavy (non-hydrogen) atoms. The van der Waals surface area contributed by atoms with Crippen molar-refractivity contribution in [3.8, 4) is 0 Å². The number of rotatable bonds is 1. The summed E-state index contributed by atoms with van der Waals surface area (Å²) in [6.07, 6.45) is 16.2. The first-order valence-corrected chi connectivity index (χ1v) is 5.83. The fourth-order valence-corrected chi connectivity index (χ4v) is 3.34. The molecule has 0 nitrogen and oxygen atoms in total. The second-order valence-corrected chi connectivity index (χ2v) is 4.89. The molecule has 0 aromatic rings. The highest BCUT2D eigenvalue weighted by Crippen LogP contribution is 2.45. The lowest BCUT2D eigenvalue weighted by Crippen LogP contribution is -2.12. The lowest BCUT2D eigenvalue weighted by Gasteiger charge is -2.26. The number of fused-ring (bicyclic) bond motifs is 2. The van der Waals surface area contributed by atoms with E-state index >= 15 is 0 Å². The van der Waals surface area contributed by atoms with Gasteiger partial charge in [0.2, 0.25) is 0 Å². The van der Waals surface area contributed by atoms with Crippen LogP contribution in [0.3, 0.4) is 0 Å². The van der Waals surface area contributed by atoms with Crippen LogP contribution in [0.2, 0.25) is 0 Å². The molecule has 70 valence electrons. The molecule has 0 saturated heterocycles. The maximum atomic E-state index is 2.57. The van der Waals surface area contributed by atoms with Crippen LogP contribution in [-0.4, -0.2) is 0 Å². The highest BCUT2D eigenvalue weighted by Gasteiger charge is 2.32. The van der Waals surface area contributed by atoms with E-state index in [0.717, 1.165) is 17.8 Å². The van der Waals surface area contributed by atoms with Crippen LogP contribution < -0.4 is 0 Å². The van der Waals surface area contributed by atoms with Gasteiger partial charge in [0.05, 0.1) is 0 Å². The number of hydrogen-bond acceptors (Lipinski definition) is 0. The minimum atomic E-state index is 0.821. The smallest absolute Gasteiger partial charge is 0.00115 e. The normalized spacial score (nSPS) is 38.3. The van der Waals surface area contributed by atoms with Crippen molar-refractivity contribution in [1.29, 1.82) is 0 Å². The standard InChI is InChI=1S/C13H18/c1-2-4-11(5-3-1)13-9-10-6-7-12(13)8-10/h6-7,9-12H,1-5,8H2.